The van der Waals surface area contributed by atoms with E-state index in [9.17, 15) is 32.7 Å². The van der Waals surface area contributed by atoms with E-state index in [0.29, 0.717) is 36.4 Å². The molecule has 1 aliphatic heterocycles. The van der Waals surface area contributed by atoms with Crippen molar-refractivity contribution in [2.45, 2.75) is 77.3 Å². The number of halogens is 3. The SMILES string of the molecule is C[C@H]1CCCCO[C@H](CN(C)C(=O)CCC(F)(F)F)[C@@H](C)CN([C@@H](C)CO)C(=O)c2cc(NC(=O)c3ccncc3)ccc2O1. The van der Waals surface area contributed by atoms with Crippen molar-refractivity contribution in [2.75, 3.05) is 38.7 Å². The fourth-order valence-electron chi connectivity index (χ4n) is 4.98. The predicted molar refractivity (Wildman–Crippen MR) is 162 cm³/mol. The van der Waals surface area contributed by atoms with Crippen LogP contribution in [-0.4, -0.2) is 95.4 Å². The van der Waals surface area contributed by atoms with Gasteiger partial charge in [-0.3, -0.25) is 19.4 Å². The molecular weight excluding hydrogens is 593 g/mol. The van der Waals surface area contributed by atoms with Crippen molar-refractivity contribution in [1.82, 2.24) is 14.8 Å². The van der Waals surface area contributed by atoms with Crippen LogP contribution >= 0.6 is 0 Å². The van der Waals surface area contributed by atoms with Crippen LogP contribution in [-0.2, 0) is 9.53 Å². The Balaban J connectivity index is 1.91. The highest BCUT2D eigenvalue weighted by molar-refractivity contribution is 6.05. The van der Waals surface area contributed by atoms with Crippen LogP contribution in [0, 0.1) is 5.92 Å². The van der Waals surface area contributed by atoms with Crippen molar-refractivity contribution in [2.24, 2.45) is 5.92 Å². The molecule has 248 valence electrons. The Bertz CT molecular complexity index is 1280. The molecule has 3 amide bonds. The molecule has 0 aliphatic carbocycles. The summed E-state index contributed by atoms with van der Waals surface area (Å²) in [6, 6.07) is 7.33. The zero-order valence-corrected chi connectivity index (χ0v) is 26.2. The van der Waals surface area contributed by atoms with E-state index in [4.69, 9.17) is 9.47 Å². The first-order chi connectivity index (χ1) is 21.3. The van der Waals surface area contributed by atoms with Crippen LogP contribution in [0.5, 0.6) is 5.75 Å². The number of alkyl halides is 3. The molecule has 1 aromatic heterocycles. The lowest BCUT2D eigenvalue weighted by atomic mass is 10.0. The minimum absolute atomic E-state index is 0.0364. The van der Waals surface area contributed by atoms with Crippen LogP contribution in [0.3, 0.4) is 0 Å². The molecule has 0 radical (unpaired) electrons. The molecule has 0 bridgehead atoms. The van der Waals surface area contributed by atoms with Crippen LogP contribution in [0.25, 0.3) is 0 Å². The Morgan fingerprint density at radius 3 is 2.56 bits per heavy atom. The zero-order chi connectivity index (χ0) is 33.1. The number of benzene rings is 1. The fraction of sp³-hybridized carbons (Fsp3) is 0.562. The summed E-state index contributed by atoms with van der Waals surface area (Å²) < 4.78 is 50.5. The number of fused-ring (bicyclic) bond motifs is 1. The highest BCUT2D eigenvalue weighted by Crippen LogP contribution is 2.29. The second-order valence-electron chi connectivity index (χ2n) is 11.6. The van der Waals surface area contributed by atoms with Crippen molar-refractivity contribution in [1.29, 1.82) is 0 Å². The van der Waals surface area contributed by atoms with Crippen molar-refractivity contribution in [3.8, 4) is 5.75 Å². The highest BCUT2D eigenvalue weighted by Gasteiger charge is 2.32. The van der Waals surface area contributed by atoms with Gasteiger partial charge in [-0.25, -0.2) is 0 Å². The number of nitrogens with zero attached hydrogens (tertiary/aromatic N) is 3. The molecule has 0 unspecified atom stereocenters. The molecule has 1 aromatic carbocycles. The van der Waals surface area contributed by atoms with Gasteiger partial charge in [0.25, 0.3) is 11.8 Å². The molecule has 10 nitrogen and oxygen atoms in total. The van der Waals surface area contributed by atoms with E-state index in [1.165, 1.54) is 35.3 Å². The first-order valence-corrected chi connectivity index (χ1v) is 15.1. The number of hydrogen-bond acceptors (Lipinski definition) is 7. The largest absolute Gasteiger partial charge is 0.490 e. The van der Waals surface area contributed by atoms with Crippen molar-refractivity contribution in [3.63, 3.8) is 0 Å². The Morgan fingerprint density at radius 1 is 1.18 bits per heavy atom. The van der Waals surface area contributed by atoms with Crippen molar-refractivity contribution in [3.05, 3.63) is 53.9 Å². The average Bonchev–Trinajstić information content (AvgIpc) is 3.01. The second kappa shape index (κ2) is 16.6. The molecule has 2 N–H and O–H groups in total. The maximum absolute atomic E-state index is 14.2. The van der Waals surface area contributed by atoms with Gasteiger partial charge in [-0.15, -0.1) is 0 Å². The summed E-state index contributed by atoms with van der Waals surface area (Å²) in [7, 11) is 1.44. The number of carbonyl (C=O) groups excluding carboxylic acids is 3. The van der Waals surface area contributed by atoms with Crippen LogP contribution in [0.2, 0.25) is 0 Å². The normalized spacial score (nSPS) is 20.8. The number of rotatable bonds is 8. The van der Waals surface area contributed by atoms with Gasteiger partial charge < -0.3 is 29.7 Å². The van der Waals surface area contributed by atoms with Gasteiger partial charge in [0.05, 0.1) is 36.8 Å². The summed E-state index contributed by atoms with van der Waals surface area (Å²) in [6.45, 7) is 5.57. The number of pyridine rings is 1. The van der Waals surface area contributed by atoms with Gasteiger partial charge >= 0.3 is 6.18 Å². The molecular formula is C32H43F3N4O6. The third-order valence-corrected chi connectivity index (χ3v) is 7.75. The minimum Gasteiger partial charge on any atom is -0.490 e. The topological polar surface area (TPSA) is 121 Å². The summed E-state index contributed by atoms with van der Waals surface area (Å²) >= 11 is 0. The maximum atomic E-state index is 14.2. The Hall–Kier alpha value is -3.71. The lowest BCUT2D eigenvalue weighted by Gasteiger charge is -2.36. The van der Waals surface area contributed by atoms with Crippen LogP contribution in [0.4, 0.5) is 18.9 Å². The lowest BCUT2D eigenvalue weighted by Crippen LogP contribution is -2.48. The van der Waals surface area contributed by atoms with E-state index in [1.807, 2.05) is 13.8 Å². The number of carbonyl (C=O) groups is 3. The summed E-state index contributed by atoms with van der Waals surface area (Å²) in [5, 5.41) is 12.9. The number of nitrogens with one attached hydrogen (secondary N) is 1. The Labute approximate surface area is 261 Å². The van der Waals surface area contributed by atoms with Crippen molar-refractivity contribution >= 4 is 23.4 Å². The third kappa shape index (κ3) is 11.0. The summed E-state index contributed by atoms with van der Waals surface area (Å²) in [5.74, 6) is -1.53. The standard InChI is InChI=1S/C32H43F3N4O6/c1-21-18-39(22(2)20-40)31(43)26-17-25(37-30(42)24-11-14-36-15-12-24)8-9-27(26)45-23(3)7-5-6-16-44-28(21)19-38(4)29(41)10-13-32(33,34)35/h8-9,11-12,14-15,17,21-23,28,40H,5-7,10,13,16,18-20H2,1-4H3,(H,37,42)/t21-,22-,23-,28+/m0/s1. The number of aliphatic hydroxyl groups is 1. The summed E-state index contributed by atoms with van der Waals surface area (Å²) in [6.07, 6.45) is -2.07. The molecule has 0 saturated heterocycles. The van der Waals surface area contributed by atoms with Gasteiger partial charge in [-0.1, -0.05) is 6.92 Å². The molecule has 3 rings (SSSR count). The van der Waals surface area contributed by atoms with E-state index >= 15 is 0 Å². The maximum Gasteiger partial charge on any atom is 0.389 e. The van der Waals surface area contributed by atoms with Gasteiger partial charge in [0.15, 0.2) is 0 Å². The molecule has 2 aromatic rings. The summed E-state index contributed by atoms with van der Waals surface area (Å²) in [5.41, 5.74) is 0.945. The molecule has 2 heterocycles. The first-order valence-electron chi connectivity index (χ1n) is 15.1. The monoisotopic (exact) mass is 636 g/mol. The van der Waals surface area contributed by atoms with E-state index < -0.39 is 43.0 Å². The van der Waals surface area contributed by atoms with Crippen LogP contribution in [0.1, 0.15) is 73.6 Å². The van der Waals surface area contributed by atoms with Gasteiger partial charge in [0.1, 0.15) is 5.75 Å². The molecule has 4 atom stereocenters. The molecule has 1 aliphatic rings. The lowest BCUT2D eigenvalue weighted by molar-refractivity contribution is -0.149. The second-order valence-corrected chi connectivity index (χ2v) is 11.6. The van der Waals surface area contributed by atoms with E-state index in [1.54, 1.807) is 31.2 Å². The number of aromatic nitrogens is 1. The van der Waals surface area contributed by atoms with Crippen LogP contribution in [0.15, 0.2) is 42.7 Å². The van der Waals surface area contributed by atoms with E-state index in [0.717, 1.165) is 6.42 Å². The van der Waals surface area contributed by atoms with Crippen molar-refractivity contribution < 1.29 is 42.1 Å². The Morgan fingerprint density at radius 2 is 1.89 bits per heavy atom. The van der Waals surface area contributed by atoms with Gasteiger partial charge in [-0.2, -0.15) is 13.2 Å². The molecule has 0 spiro atoms. The van der Waals surface area contributed by atoms with Gasteiger partial charge in [0, 0.05) is 62.7 Å². The molecule has 0 fully saturated rings. The number of ether oxygens (including phenoxy) is 2. The van der Waals surface area contributed by atoms with Gasteiger partial charge in [0.2, 0.25) is 5.91 Å². The average molecular weight is 637 g/mol. The van der Waals surface area contributed by atoms with Gasteiger partial charge in [-0.05, 0) is 63.4 Å². The number of likely N-dealkylation sites (N-methyl/N-ethyl adjacent to an activating group) is 1. The number of amides is 3. The summed E-state index contributed by atoms with van der Waals surface area (Å²) in [4.78, 5) is 46.2. The van der Waals surface area contributed by atoms with E-state index in [2.05, 4.69) is 10.3 Å². The molecule has 13 heteroatoms. The smallest absolute Gasteiger partial charge is 0.389 e. The number of anilines is 1. The third-order valence-electron chi connectivity index (χ3n) is 7.75. The number of hydrogen-bond donors (Lipinski definition) is 2. The Kier molecular flexibility index (Phi) is 13.2. The number of aliphatic hydroxyl groups excluding tert-OH is 1. The van der Waals surface area contributed by atoms with Crippen LogP contribution < -0.4 is 10.1 Å². The molecule has 0 saturated carbocycles. The quantitative estimate of drug-likeness (QED) is 0.422. The highest BCUT2D eigenvalue weighted by atomic mass is 19.4. The zero-order valence-electron chi connectivity index (χ0n) is 26.2. The molecule has 45 heavy (non-hydrogen) atoms. The fourth-order valence-corrected chi connectivity index (χ4v) is 4.98. The van der Waals surface area contributed by atoms with E-state index in [-0.39, 0.29) is 43.2 Å². The predicted octanol–water partition coefficient (Wildman–Crippen LogP) is 4.93. The minimum atomic E-state index is -4.44. The first kappa shape index (κ1) is 35.8.